The van der Waals surface area contributed by atoms with Crippen LogP contribution in [0.15, 0.2) is 203 Å². The Balaban J connectivity index is 1.22. The summed E-state index contributed by atoms with van der Waals surface area (Å²) in [5.41, 5.74) is 6.02. The van der Waals surface area contributed by atoms with Crippen molar-refractivity contribution in [3.63, 3.8) is 0 Å². The summed E-state index contributed by atoms with van der Waals surface area (Å²) < 4.78 is 28.7. The second-order valence-electron chi connectivity index (χ2n) is 15.5. The summed E-state index contributed by atoms with van der Waals surface area (Å²) in [4.78, 5) is 0. The number of benzene rings is 8. The molecule has 1 aliphatic carbocycles. The van der Waals surface area contributed by atoms with Crippen LogP contribution in [0, 0.1) is 0 Å². The van der Waals surface area contributed by atoms with E-state index in [2.05, 4.69) is 170 Å². The number of ether oxygens (including phenoxy) is 2. The zero-order valence-corrected chi connectivity index (χ0v) is 31.1. The van der Waals surface area contributed by atoms with Crippen molar-refractivity contribution in [3.8, 4) is 45.6 Å². The molecule has 4 nitrogen and oxygen atoms in total. The monoisotopic (exact) mass is 744 g/mol. The van der Waals surface area contributed by atoms with Crippen LogP contribution in [0.5, 0.6) is 23.0 Å². The third-order valence-corrected chi connectivity index (χ3v) is 12.6. The van der Waals surface area contributed by atoms with Crippen LogP contribution in [0.25, 0.3) is 44.2 Å². The standard InChI is InChI=1S/C54H32O4/c1-3-15-35-29-37(27-25-33(35)13-1)49-31-43-51(57-49)54(41-19-7-11-23-47(41)56-48-24-12-8-20-42(48)54)44-32-50(38-28-26-34-14-2-4-16-36(34)30-38)58-52(44)53(43)39-17-5-9-21-45(39)55-46-22-10-6-18-40(46)53/h1-32H. The third-order valence-electron chi connectivity index (χ3n) is 12.6. The predicted octanol–water partition coefficient (Wildman–Crippen LogP) is 13.8. The van der Waals surface area contributed by atoms with Crippen molar-refractivity contribution < 1.29 is 18.3 Å². The molecule has 0 radical (unpaired) electrons. The normalized spacial score (nSPS) is 14.8. The number of hydrogen-bond acceptors (Lipinski definition) is 4. The van der Waals surface area contributed by atoms with Gasteiger partial charge in [-0.05, 0) is 70.1 Å². The fourth-order valence-electron chi connectivity index (χ4n) is 10.2. The Labute approximate surface area is 334 Å². The molecule has 4 heteroatoms. The fourth-order valence-corrected chi connectivity index (χ4v) is 10.2. The van der Waals surface area contributed by atoms with Crippen LogP contribution < -0.4 is 9.47 Å². The Kier molecular flexibility index (Phi) is 6.27. The summed E-state index contributed by atoms with van der Waals surface area (Å²) in [7, 11) is 0. The molecule has 10 aromatic rings. The third kappa shape index (κ3) is 4.03. The lowest BCUT2D eigenvalue weighted by Gasteiger charge is -2.48. The molecule has 0 fully saturated rings. The van der Waals surface area contributed by atoms with E-state index in [1.54, 1.807) is 0 Å². The van der Waals surface area contributed by atoms with Crippen molar-refractivity contribution in [2.24, 2.45) is 0 Å². The van der Waals surface area contributed by atoms with Gasteiger partial charge < -0.3 is 18.3 Å². The molecule has 0 saturated carbocycles. The Morgan fingerprint density at radius 1 is 0.276 bits per heavy atom. The number of hydrogen-bond donors (Lipinski definition) is 0. The Morgan fingerprint density at radius 3 is 0.983 bits per heavy atom. The van der Waals surface area contributed by atoms with Crippen molar-refractivity contribution in [2.45, 2.75) is 10.8 Å². The van der Waals surface area contributed by atoms with Gasteiger partial charge in [-0.25, -0.2) is 0 Å². The van der Waals surface area contributed by atoms with E-state index in [9.17, 15) is 0 Å². The first-order valence-electron chi connectivity index (χ1n) is 19.7. The Morgan fingerprint density at radius 2 is 0.603 bits per heavy atom. The van der Waals surface area contributed by atoms with E-state index in [4.69, 9.17) is 18.3 Å². The van der Waals surface area contributed by atoms with Gasteiger partial charge in [0.2, 0.25) is 0 Å². The van der Waals surface area contributed by atoms with Gasteiger partial charge in [-0.15, -0.1) is 0 Å². The maximum absolute atomic E-state index is 7.60. The van der Waals surface area contributed by atoms with Gasteiger partial charge in [0.1, 0.15) is 56.9 Å². The molecule has 2 spiro atoms. The second kappa shape index (κ2) is 11.5. The summed E-state index contributed by atoms with van der Waals surface area (Å²) in [5.74, 6) is 6.30. The van der Waals surface area contributed by atoms with E-state index in [0.717, 1.165) is 101 Å². The van der Waals surface area contributed by atoms with Crippen LogP contribution in [0.3, 0.4) is 0 Å². The van der Waals surface area contributed by atoms with Crippen LogP contribution in [-0.4, -0.2) is 0 Å². The highest BCUT2D eigenvalue weighted by Crippen LogP contribution is 2.68. The molecule has 272 valence electrons. The first kappa shape index (κ1) is 31.6. The Bertz CT molecular complexity index is 2960. The maximum Gasteiger partial charge on any atom is 0.134 e. The van der Waals surface area contributed by atoms with E-state index in [1.165, 1.54) is 10.8 Å². The molecule has 4 heterocycles. The molecule has 3 aliphatic rings. The van der Waals surface area contributed by atoms with E-state index in [0.29, 0.717) is 0 Å². The number of para-hydroxylation sites is 4. The van der Waals surface area contributed by atoms with E-state index >= 15 is 0 Å². The summed E-state index contributed by atoms with van der Waals surface area (Å²) in [6.45, 7) is 0. The average Bonchev–Trinajstić information content (AvgIpc) is 3.95. The molecule has 2 aliphatic heterocycles. The first-order valence-corrected chi connectivity index (χ1v) is 19.7. The minimum Gasteiger partial charge on any atom is -0.459 e. The molecular formula is C54H32O4. The fraction of sp³-hybridized carbons (Fsp3) is 0.0370. The zero-order valence-electron chi connectivity index (χ0n) is 31.1. The van der Waals surface area contributed by atoms with Crippen LogP contribution >= 0.6 is 0 Å². The van der Waals surface area contributed by atoms with Crippen molar-refractivity contribution in [2.75, 3.05) is 0 Å². The lowest BCUT2D eigenvalue weighted by molar-refractivity contribution is 0.353. The molecule has 0 bridgehead atoms. The summed E-state index contributed by atoms with van der Waals surface area (Å²) in [6.07, 6.45) is 0. The molecule has 0 unspecified atom stereocenters. The smallest absolute Gasteiger partial charge is 0.134 e. The largest absolute Gasteiger partial charge is 0.459 e. The minimum atomic E-state index is -0.961. The van der Waals surface area contributed by atoms with Crippen LogP contribution in [0.4, 0.5) is 0 Å². The molecule has 2 aromatic heterocycles. The molecule has 0 atom stereocenters. The van der Waals surface area contributed by atoms with Gasteiger partial charge in [-0.2, -0.15) is 0 Å². The molecule has 0 saturated heterocycles. The molecule has 0 N–H and O–H groups in total. The van der Waals surface area contributed by atoms with Crippen molar-refractivity contribution in [3.05, 3.63) is 239 Å². The van der Waals surface area contributed by atoms with Gasteiger partial charge >= 0.3 is 0 Å². The topological polar surface area (TPSA) is 44.7 Å². The quantitative estimate of drug-likeness (QED) is 0.177. The van der Waals surface area contributed by atoms with Gasteiger partial charge in [0.25, 0.3) is 0 Å². The second-order valence-corrected chi connectivity index (χ2v) is 15.5. The lowest BCUT2D eigenvalue weighted by Crippen LogP contribution is -2.46. The van der Waals surface area contributed by atoms with Gasteiger partial charge in [-0.1, -0.05) is 146 Å². The highest BCUT2D eigenvalue weighted by atomic mass is 16.5. The highest BCUT2D eigenvalue weighted by Gasteiger charge is 2.63. The zero-order chi connectivity index (χ0) is 38.0. The van der Waals surface area contributed by atoms with E-state index < -0.39 is 10.8 Å². The minimum absolute atomic E-state index is 0.775. The average molecular weight is 745 g/mol. The summed E-state index contributed by atoms with van der Waals surface area (Å²) >= 11 is 0. The van der Waals surface area contributed by atoms with Crippen molar-refractivity contribution >= 4 is 21.5 Å². The molecule has 0 amide bonds. The lowest BCUT2D eigenvalue weighted by atomic mass is 9.53. The van der Waals surface area contributed by atoms with Crippen LogP contribution in [0.1, 0.15) is 44.9 Å². The van der Waals surface area contributed by atoms with Crippen molar-refractivity contribution in [1.29, 1.82) is 0 Å². The van der Waals surface area contributed by atoms with Gasteiger partial charge in [0.15, 0.2) is 0 Å². The SMILES string of the molecule is c1ccc2c(c1)Oc1ccccc1C21c2cc(-c3ccc4ccccc4c3)oc2C2(c3ccccc3Oc3ccccc32)c2cc(-c3ccc4ccccc4c3)oc21. The molecule has 58 heavy (non-hydrogen) atoms. The van der Waals surface area contributed by atoms with Gasteiger partial charge in [0, 0.05) is 44.5 Å². The number of furan rings is 2. The number of fused-ring (bicyclic) bond motifs is 16. The van der Waals surface area contributed by atoms with E-state index in [1.807, 2.05) is 24.3 Å². The summed E-state index contributed by atoms with van der Waals surface area (Å²) in [6, 6.07) is 68.1. The summed E-state index contributed by atoms with van der Waals surface area (Å²) in [5, 5.41) is 4.65. The number of rotatable bonds is 2. The van der Waals surface area contributed by atoms with Crippen LogP contribution in [-0.2, 0) is 10.8 Å². The maximum atomic E-state index is 7.60. The molecular weight excluding hydrogens is 713 g/mol. The van der Waals surface area contributed by atoms with Gasteiger partial charge in [0.05, 0.1) is 0 Å². The first-order chi connectivity index (χ1) is 28.7. The van der Waals surface area contributed by atoms with Gasteiger partial charge in [-0.3, -0.25) is 0 Å². The van der Waals surface area contributed by atoms with E-state index in [-0.39, 0.29) is 0 Å². The van der Waals surface area contributed by atoms with Crippen molar-refractivity contribution in [1.82, 2.24) is 0 Å². The molecule has 8 aromatic carbocycles. The Hall–Kier alpha value is -7.56. The molecule has 13 rings (SSSR count). The highest BCUT2D eigenvalue weighted by molar-refractivity contribution is 5.89. The predicted molar refractivity (Wildman–Crippen MR) is 227 cm³/mol. The van der Waals surface area contributed by atoms with Crippen LogP contribution in [0.2, 0.25) is 0 Å².